The van der Waals surface area contributed by atoms with Gasteiger partial charge < -0.3 is 9.84 Å². The molecule has 3 heterocycles. The first-order valence-electron chi connectivity index (χ1n) is 13.6. The second-order valence-corrected chi connectivity index (χ2v) is 10.7. The van der Waals surface area contributed by atoms with Crippen LogP contribution in [0.15, 0.2) is 35.9 Å². The minimum Gasteiger partial charge on any atom is -0.452 e. The second-order valence-electron chi connectivity index (χ2n) is 10.7. The maximum atomic E-state index is 13.4. The number of carbonyl (C=O) groups is 1. The lowest BCUT2D eigenvalue weighted by Crippen LogP contribution is -2.54. The summed E-state index contributed by atoms with van der Waals surface area (Å²) in [6, 6.07) is 10.4. The van der Waals surface area contributed by atoms with Crippen molar-refractivity contribution >= 4 is 11.7 Å². The lowest BCUT2D eigenvalue weighted by molar-refractivity contribution is -0.181. The molecule has 3 aromatic rings. The van der Waals surface area contributed by atoms with Gasteiger partial charge in [-0.3, -0.25) is 0 Å². The summed E-state index contributed by atoms with van der Waals surface area (Å²) in [5.41, 5.74) is 4.56. The van der Waals surface area contributed by atoms with E-state index >= 15 is 0 Å². The molecule has 2 aromatic heterocycles. The zero-order valence-electron chi connectivity index (χ0n) is 22.4. The maximum Gasteiger partial charge on any atom is 0.334 e. The molecule has 2 atom stereocenters. The van der Waals surface area contributed by atoms with E-state index in [4.69, 9.17) is 10.00 Å². The van der Waals surface area contributed by atoms with Crippen LogP contribution in [0.1, 0.15) is 72.9 Å². The Morgan fingerprint density at radius 3 is 2.71 bits per heavy atom. The standard InChI is InChI=1S/C30H35N5O3/c1-4-22-16-21(9-10-23(22)12-14-31)11-13-30(25-7-5-6-8-25)26(36)17-24(28(37)38-30)18-27-33-29-32-19(2)15-20(3)35(29)34-27/h9-10,15-17,25-26,36H,4-8,11-13,18H2,1-3H3. The molecule has 8 heteroatoms. The molecule has 198 valence electrons. The molecule has 0 saturated heterocycles. The number of cyclic esters (lactones) is 1. The number of hydrogen-bond acceptors (Lipinski definition) is 7. The van der Waals surface area contributed by atoms with Gasteiger partial charge in [0, 0.05) is 29.3 Å². The molecule has 0 amide bonds. The summed E-state index contributed by atoms with van der Waals surface area (Å²) in [7, 11) is 0. The summed E-state index contributed by atoms with van der Waals surface area (Å²) < 4.78 is 7.90. The van der Waals surface area contributed by atoms with Crippen LogP contribution in [0.2, 0.25) is 0 Å². The molecule has 2 unspecified atom stereocenters. The maximum absolute atomic E-state index is 13.4. The van der Waals surface area contributed by atoms with E-state index in [-0.39, 0.29) is 12.3 Å². The molecule has 1 fully saturated rings. The molecule has 1 aromatic carbocycles. The Morgan fingerprint density at radius 2 is 1.97 bits per heavy atom. The van der Waals surface area contributed by atoms with E-state index in [2.05, 4.69) is 40.2 Å². The molecule has 8 nitrogen and oxygen atoms in total. The first-order chi connectivity index (χ1) is 18.3. The highest BCUT2D eigenvalue weighted by molar-refractivity contribution is 5.90. The first kappa shape index (κ1) is 26.1. The van der Waals surface area contributed by atoms with Gasteiger partial charge in [-0.05, 0) is 74.8 Å². The SMILES string of the molecule is CCc1cc(CCC2(C3CCCC3)OC(=O)C(Cc3nc4nc(C)cc(C)n4n3)=CC2O)ccc1CC#N. The van der Waals surface area contributed by atoms with E-state index in [9.17, 15) is 9.90 Å². The second kappa shape index (κ2) is 10.7. The molecule has 2 aliphatic rings. The van der Waals surface area contributed by atoms with Crippen LogP contribution in [0.25, 0.3) is 5.78 Å². The fourth-order valence-corrected chi connectivity index (χ4v) is 6.19. The Labute approximate surface area is 223 Å². The summed E-state index contributed by atoms with van der Waals surface area (Å²) in [6.07, 6.45) is 7.46. The third kappa shape index (κ3) is 4.95. The van der Waals surface area contributed by atoms with Crippen LogP contribution in [0.4, 0.5) is 0 Å². The van der Waals surface area contributed by atoms with E-state index in [1.54, 1.807) is 10.6 Å². The van der Waals surface area contributed by atoms with Crippen molar-refractivity contribution < 1.29 is 14.6 Å². The van der Waals surface area contributed by atoms with Crippen LogP contribution >= 0.6 is 0 Å². The molecule has 1 N–H and O–H groups in total. The highest BCUT2D eigenvalue weighted by Crippen LogP contribution is 2.44. The molecule has 38 heavy (non-hydrogen) atoms. The van der Waals surface area contributed by atoms with E-state index < -0.39 is 17.7 Å². The van der Waals surface area contributed by atoms with Gasteiger partial charge in [0.05, 0.1) is 12.5 Å². The van der Waals surface area contributed by atoms with Gasteiger partial charge >= 0.3 is 5.97 Å². The number of aromatic nitrogens is 4. The van der Waals surface area contributed by atoms with Crippen LogP contribution < -0.4 is 0 Å². The van der Waals surface area contributed by atoms with Gasteiger partial charge in [-0.1, -0.05) is 38.0 Å². The highest BCUT2D eigenvalue weighted by atomic mass is 16.6. The number of nitriles is 1. The number of nitrogens with zero attached hydrogens (tertiary/aromatic N) is 5. The third-order valence-corrected chi connectivity index (χ3v) is 8.19. The van der Waals surface area contributed by atoms with Crippen molar-refractivity contribution in [2.75, 3.05) is 0 Å². The summed E-state index contributed by atoms with van der Waals surface area (Å²) >= 11 is 0. The van der Waals surface area contributed by atoms with Crippen molar-refractivity contribution in [2.45, 2.75) is 90.3 Å². The average molecular weight is 514 g/mol. The fraction of sp³-hybridized carbons (Fsp3) is 0.500. The molecule has 0 radical (unpaired) electrons. The number of aryl methyl sites for hydroxylation is 4. The molecule has 1 aliphatic carbocycles. The summed E-state index contributed by atoms with van der Waals surface area (Å²) in [4.78, 5) is 22.3. The number of hydrogen-bond donors (Lipinski definition) is 1. The van der Waals surface area contributed by atoms with E-state index in [1.165, 1.54) is 5.56 Å². The Balaban J connectivity index is 1.40. The molecule has 1 saturated carbocycles. The minimum atomic E-state index is -0.948. The molecule has 1 aliphatic heterocycles. The molecule has 0 spiro atoms. The van der Waals surface area contributed by atoms with E-state index in [0.717, 1.165) is 54.6 Å². The normalized spacial score (nSPS) is 21.9. The van der Waals surface area contributed by atoms with Crippen molar-refractivity contribution in [3.05, 3.63) is 69.8 Å². The first-order valence-corrected chi connectivity index (χ1v) is 13.6. The van der Waals surface area contributed by atoms with Crippen LogP contribution in [0.5, 0.6) is 0 Å². The van der Waals surface area contributed by atoms with Crippen molar-refractivity contribution in [3.63, 3.8) is 0 Å². The Bertz CT molecular complexity index is 1430. The smallest absolute Gasteiger partial charge is 0.334 e. The van der Waals surface area contributed by atoms with Gasteiger partial charge in [-0.2, -0.15) is 10.2 Å². The number of ether oxygens (including phenoxy) is 1. The predicted octanol–water partition coefficient (Wildman–Crippen LogP) is 4.32. The number of aliphatic hydroxyl groups excluding tert-OH is 1. The van der Waals surface area contributed by atoms with E-state index in [1.807, 2.05) is 26.0 Å². The Morgan fingerprint density at radius 1 is 1.18 bits per heavy atom. The number of carbonyl (C=O) groups excluding carboxylic acids is 1. The van der Waals surface area contributed by atoms with E-state index in [0.29, 0.717) is 36.4 Å². The number of aliphatic hydroxyl groups is 1. The number of benzene rings is 1. The van der Waals surface area contributed by atoms with Crippen molar-refractivity contribution in [3.8, 4) is 6.07 Å². The molecular weight excluding hydrogens is 478 g/mol. The number of esters is 1. The predicted molar refractivity (Wildman–Crippen MR) is 142 cm³/mol. The van der Waals surface area contributed by atoms with Crippen molar-refractivity contribution in [1.29, 1.82) is 5.26 Å². The largest absolute Gasteiger partial charge is 0.452 e. The van der Waals surface area contributed by atoms with Crippen LogP contribution in [-0.4, -0.2) is 42.4 Å². The van der Waals surface area contributed by atoms with Crippen molar-refractivity contribution in [1.82, 2.24) is 19.6 Å². The summed E-state index contributed by atoms with van der Waals surface area (Å²) in [5, 5.41) is 25.2. The van der Waals surface area contributed by atoms with Gasteiger partial charge in [0.2, 0.25) is 0 Å². The van der Waals surface area contributed by atoms with Gasteiger partial charge in [0.1, 0.15) is 11.7 Å². The molecular formula is C30H35N5O3. The van der Waals surface area contributed by atoms with Gasteiger partial charge in [-0.15, -0.1) is 5.10 Å². The zero-order valence-corrected chi connectivity index (χ0v) is 22.4. The minimum absolute atomic E-state index is 0.117. The molecule has 0 bridgehead atoms. The highest BCUT2D eigenvalue weighted by Gasteiger charge is 2.51. The summed E-state index contributed by atoms with van der Waals surface area (Å²) in [5.74, 6) is 0.682. The monoisotopic (exact) mass is 513 g/mol. The van der Waals surface area contributed by atoms with Crippen LogP contribution in [0, 0.1) is 31.1 Å². The lowest BCUT2D eigenvalue weighted by Gasteiger charge is -2.44. The quantitative estimate of drug-likeness (QED) is 0.446. The van der Waals surface area contributed by atoms with Crippen LogP contribution in [0.3, 0.4) is 0 Å². The Kier molecular flexibility index (Phi) is 7.31. The van der Waals surface area contributed by atoms with Gasteiger partial charge in [0.25, 0.3) is 5.78 Å². The van der Waals surface area contributed by atoms with Gasteiger partial charge in [0.15, 0.2) is 5.82 Å². The zero-order chi connectivity index (χ0) is 26.9. The van der Waals surface area contributed by atoms with Crippen molar-refractivity contribution in [2.24, 2.45) is 5.92 Å². The third-order valence-electron chi connectivity index (χ3n) is 8.19. The average Bonchev–Trinajstić information content (AvgIpc) is 3.57. The molecule has 5 rings (SSSR count). The number of fused-ring (bicyclic) bond motifs is 1. The topological polar surface area (TPSA) is 113 Å². The lowest BCUT2D eigenvalue weighted by atomic mass is 9.75. The fourth-order valence-electron chi connectivity index (χ4n) is 6.19. The van der Waals surface area contributed by atoms with Gasteiger partial charge in [-0.25, -0.2) is 14.3 Å². The summed E-state index contributed by atoms with van der Waals surface area (Å²) in [6.45, 7) is 5.94. The van der Waals surface area contributed by atoms with Crippen LogP contribution in [-0.2, 0) is 35.2 Å². The Hall–Kier alpha value is -3.57. The number of rotatable bonds is 8.